The monoisotopic (exact) mass is 285 g/mol. The SMILES string of the molecule is CC/C(=C(\Sc1ccccc1)c1ccccc1)[N+](=O)[O-]. The summed E-state index contributed by atoms with van der Waals surface area (Å²) in [6.07, 6.45) is 0.400. The van der Waals surface area contributed by atoms with Crippen LogP contribution in [0.1, 0.15) is 18.9 Å². The van der Waals surface area contributed by atoms with Gasteiger partial charge in [0.25, 0.3) is 5.70 Å². The Morgan fingerprint density at radius 1 is 1.05 bits per heavy atom. The largest absolute Gasteiger partial charge is 0.260 e. The van der Waals surface area contributed by atoms with Crippen molar-refractivity contribution in [1.82, 2.24) is 0 Å². The van der Waals surface area contributed by atoms with Gasteiger partial charge in [-0.15, -0.1) is 0 Å². The van der Waals surface area contributed by atoms with Gasteiger partial charge in [-0.2, -0.15) is 0 Å². The molecule has 0 heterocycles. The third-order valence-corrected chi connectivity index (χ3v) is 4.00. The summed E-state index contributed by atoms with van der Waals surface area (Å²) in [6, 6.07) is 19.2. The van der Waals surface area contributed by atoms with Crippen molar-refractivity contribution in [1.29, 1.82) is 0 Å². The maximum atomic E-state index is 11.3. The van der Waals surface area contributed by atoms with Crippen molar-refractivity contribution >= 4 is 16.7 Å². The van der Waals surface area contributed by atoms with Crippen LogP contribution in [0.3, 0.4) is 0 Å². The predicted molar refractivity (Wildman–Crippen MR) is 82.9 cm³/mol. The van der Waals surface area contributed by atoms with Crippen LogP contribution in [0.5, 0.6) is 0 Å². The summed E-state index contributed by atoms with van der Waals surface area (Å²) in [5.74, 6) is 0. The number of nitro groups is 1. The molecule has 2 aromatic rings. The maximum absolute atomic E-state index is 11.3. The quantitative estimate of drug-likeness (QED) is 0.449. The van der Waals surface area contributed by atoms with E-state index in [1.807, 2.05) is 67.6 Å². The third-order valence-electron chi connectivity index (χ3n) is 2.82. The standard InChI is InChI=1S/C16H15NO2S/c1-2-15(17(18)19)16(13-9-5-3-6-10-13)20-14-11-7-4-8-12-14/h3-12H,2H2,1H3/b16-15+. The van der Waals surface area contributed by atoms with Gasteiger partial charge in [-0.25, -0.2) is 0 Å². The Morgan fingerprint density at radius 3 is 2.10 bits per heavy atom. The summed E-state index contributed by atoms with van der Waals surface area (Å²) < 4.78 is 0. The van der Waals surface area contributed by atoms with E-state index in [-0.39, 0.29) is 10.6 Å². The summed E-state index contributed by atoms with van der Waals surface area (Å²) in [5.41, 5.74) is 1.14. The molecule has 0 saturated heterocycles. The van der Waals surface area contributed by atoms with Crippen LogP contribution in [0.15, 0.2) is 71.3 Å². The van der Waals surface area contributed by atoms with Crippen LogP contribution in [0.25, 0.3) is 4.91 Å². The highest BCUT2D eigenvalue weighted by atomic mass is 32.2. The molecule has 20 heavy (non-hydrogen) atoms. The molecule has 0 aliphatic rings. The first-order valence-electron chi connectivity index (χ1n) is 6.38. The first-order chi connectivity index (χ1) is 9.72. The molecule has 2 aromatic carbocycles. The molecule has 0 fully saturated rings. The van der Waals surface area contributed by atoms with Crippen LogP contribution < -0.4 is 0 Å². The number of nitrogens with zero attached hydrogens (tertiary/aromatic N) is 1. The van der Waals surface area contributed by atoms with Crippen molar-refractivity contribution in [2.24, 2.45) is 0 Å². The molecule has 0 radical (unpaired) electrons. The van der Waals surface area contributed by atoms with E-state index in [0.29, 0.717) is 11.3 Å². The van der Waals surface area contributed by atoms with Gasteiger partial charge in [0.1, 0.15) is 0 Å². The number of hydrogen-bond acceptors (Lipinski definition) is 3. The lowest BCUT2D eigenvalue weighted by Crippen LogP contribution is -2.00. The number of hydrogen-bond donors (Lipinski definition) is 0. The second-order valence-corrected chi connectivity index (χ2v) is 5.25. The highest BCUT2D eigenvalue weighted by molar-refractivity contribution is 8.08. The van der Waals surface area contributed by atoms with Crippen molar-refractivity contribution in [3.8, 4) is 0 Å². The Bertz CT molecular complexity index is 609. The lowest BCUT2D eigenvalue weighted by atomic mass is 10.1. The van der Waals surface area contributed by atoms with E-state index in [1.165, 1.54) is 11.8 Å². The second kappa shape index (κ2) is 6.91. The molecular formula is C16H15NO2S. The summed E-state index contributed by atoms with van der Waals surface area (Å²) in [7, 11) is 0. The summed E-state index contributed by atoms with van der Waals surface area (Å²) in [5, 5.41) is 11.3. The Labute approximate surface area is 122 Å². The first kappa shape index (κ1) is 14.3. The Hall–Kier alpha value is -2.07. The molecule has 0 atom stereocenters. The van der Waals surface area contributed by atoms with Crippen molar-refractivity contribution in [3.63, 3.8) is 0 Å². The highest BCUT2D eigenvalue weighted by Gasteiger charge is 2.19. The number of allylic oxidation sites excluding steroid dienone is 1. The lowest BCUT2D eigenvalue weighted by Gasteiger charge is -2.08. The fraction of sp³-hybridized carbons (Fsp3) is 0.125. The molecule has 0 bridgehead atoms. The van der Waals surface area contributed by atoms with Gasteiger partial charge in [0.05, 0.1) is 9.83 Å². The molecule has 0 N–H and O–H groups in total. The molecule has 0 saturated carbocycles. The molecule has 0 unspecified atom stereocenters. The minimum atomic E-state index is -0.279. The summed E-state index contributed by atoms with van der Waals surface area (Å²) >= 11 is 1.44. The van der Waals surface area contributed by atoms with Crippen molar-refractivity contribution in [3.05, 3.63) is 82.0 Å². The smallest absolute Gasteiger partial charge is 0.259 e. The molecule has 2 rings (SSSR count). The molecule has 0 spiro atoms. The van der Waals surface area contributed by atoms with Gasteiger partial charge < -0.3 is 0 Å². The zero-order valence-corrected chi connectivity index (χ0v) is 12.0. The van der Waals surface area contributed by atoms with Crippen LogP contribution in [0.4, 0.5) is 0 Å². The Morgan fingerprint density at radius 2 is 1.60 bits per heavy atom. The normalized spacial score (nSPS) is 11.8. The second-order valence-electron chi connectivity index (χ2n) is 4.17. The zero-order chi connectivity index (χ0) is 14.4. The molecule has 102 valence electrons. The average molecular weight is 285 g/mol. The van der Waals surface area contributed by atoms with Crippen molar-refractivity contribution in [2.45, 2.75) is 18.2 Å². The lowest BCUT2D eigenvalue weighted by molar-refractivity contribution is -0.426. The molecular weight excluding hydrogens is 270 g/mol. The molecule has 0 amide bonds. The van der Waals surface area contributed by atoms with E-state index in [9.17, 15) is 10.1 Å². The molecule has 4 heteroatoms. The summed E-state index contributed by atoms with van der Waals surface area (Å²) in [4.78, 5) is 12.7. The highest BCUT2D eigenvalue weighted by Crippen LogP contribution is 2.37. The number of thioether (sulfide) groups is 1. The van der Waals surface area contributed by atoms with Crippen molar-refractivity contribution < 1.29 is 4.92 Å². The minimum Gasteiger partial charge on any atom is -0.259 e. The van der Waals surface area contributed by atoms with Gasteiger partial charge in [0.2, 0.25) is 0 Å². The van der Waals surface area contributed by atoms with Gasteiger partial charge >= 0.3 is 0 Å². The van der Waals surface area contributed by atoms with Crippen molar-refractivity contribution in [2.75, 3.05) is 0 Å². The van der Waals surface area contributed by atoms with Gasteiger partial charge in [0.15, 0.2) is 0 Å². The number of rotatable bonds is 5. The van der Waals surface area contributed by atoms with Gasteiger partial charge in [-0.05, 0) is 17.7 Å². The number of benzene rings is 2. The van der Waals surface area contributed by atoms with Gasteiger partial charge in [-0.3, -0.25) is 10.1 Å². The fourth-order valence-corrected chi connectivity index (χ4v) is 2.97. The van der Waals surface area contributed by atoms with Crippen LogP contribution in [-0.4, -0.2) is 4.92 Å². The molecule has 0 aliphatic heterocycles. The van der Waals surface area contributed by atoms with E-state index in [2.05, 4.69) is 0 Å². The average Bonchev–Trinajstić information content (AvgIpc) is 2.48. The Balaban J connectivity index is 2.48. The zero-order valence-electron chi connectivity index (χ0n) is 11.2. The predicted octanol–water partition coefficient (Wildman–Crippen LogP) is 4.83. The van der Waals surface area contributed by atoms with Crippen LogP contribution in [0.2, 0.25) is 0 Å². The van der Waals surface area contributed by atoms with Crippen LogP contribution >= 0.6 is 11.8 Å². The van der Waals surface area contributed by atoms with Gasteiger partial charge in [-0.1, -0.05) is 67.2 Å². The summed E-state index contributed by atoms with van der Waals surface area (Å²) in [6.45, 7) is 1.81. The maximum Gasteiger partial charge on any atom is 0.260 e. The van der Waals surface area contributed by atoms with E-state index < -0.39 is 0 Å². The molecule has 0 aromatic heterocycles. The van der Waals surface area contributed by atoms with Crippen LogP contribution in [-0.2, 0) is 0 Å². The van der Waals surface area contributed by atoms with E-state index in [4.69, 9.17) is 0 Å². The molecule has 0 aliphatic carbocycles. The Kier molecular flexibility index (Phi) is 4.96. The minimum absolute atomic E-state index is 0.255. The topological polar surface area (TPSA) is 43.1 Å². The van der Waals surface area contributed by atoms with E-state index in [1.54, 1.807) is 0 Å². The van der Waals surface area contributed by atoms with Gasteiger partial charge in [0, 0.05) is 11.3 Å². The van der Waals surface area contributed by atoms with Crippen LogP contribution in [0, 0.1) is 10.1 Å². The first-order valence-corrected chi connectivity index (χ1v) is 7.20. The fourth-order valence-electron chi connectivity index (χ4n) is 1.85. The third kappa shape index (κ3) is 3.48. The van der Waals surface area contributed by atoms with E-state index in [0.717, 1.165) is 10.5 Å². The van der Waals surface area contributed by atoms with E-state index >= 15 is 0 Å². The molecule has 3 nitrogen and oxygen atoms in total.